The van der Waals surface area contributed by atoms with Gasteiger partial charge < -0.3 is 14.2 Å². The van der Waals surface area contributed by atoms with Gasteiger partial charge in [-0.2, -0.15) is 0 Å². The molecule has 1 aromatic rings. The summed E-state index contributed by atoms with van der Waals surface area (Å²) in [5, 5.41) is 0. The number of methoxy groups -OCH3 is 1. The average Bonchev–Trinajstić information content (AvgIpc) is 2.30. The highest BCUT2D eigenvalue weighted by Crippen LogP contribution is 2.07. The number of Topliss-reactive ketones (excluding diaryl/α,β-unsaturated/α-hetero) is 1. The molecule has 16 heavy (non-hydrogen) atoms. The van der Waals surface area contributed by atoms with Crippen molar-refractivity contribution in [3.8, 4) is 5.75 Å². The summed E-state index contributed by atoms with van der Waals surface area (Å²) in [5.41, 5.74) is 0. The first-order valence-electron chi connectivity index (χ1n) is 5.09. The van der Waals surface area contributed by atoms with Crippen LogP contribution in [0.15, 0.2) is 30.3 Å². The number of hydrogen-bond acceptors (Lipinski definition) is 4. The van der Waals surface area contributed by atoms with Crippen LogP contribution in [0.3, 0.4) is 0 Å². The minimum atomic E-state index is -0.0674. The molecular weight excluding hydrogens is 208 g/mol. The zero-order valence-electron chi connectivity index (χ0n) is 9.35. The predicted molar refractivity (Wildman–Crippen MR) is 59.6 cm³/mol. The first kappa shape index (κ1) is 12.7. The molecule has 0 aliphatic heterocycles. The van der Waals surface area contributed by atoms with E-state index in [4.69, 9.17) is 9.47 Å². The summed E-state index contributed by atoms with van der Waals surface area (Å²) in [7, 11) is 1.48. The number of rotatable bonds is 8. The Balaban J connectivity index is 2.02. The quantitative estimate of drug-likeness (QED) is 0.624. The molecule has 0 saturated carbocycles. The van der Waals surface area contributed by atoms with Crippen molar-refractivity contribution in [3.63, 3.8) is 0 Å². The van der Waals surface area contributed by atoms with Gasteiger partial charge >= 0.3 is 0 Å². The first-order chi connectivity index (χ1) is 7.83. The van der Waals surface area contributed by atoms with Crippen LogP contribution in [0.4, 0.5) is 0 Å². The van der Waals surface area contributed by atoms with E-state index in [0.29, 0.717) is 13.2 Å². The van der Waals surface area contributed by atoms with Gasteiger partial charge in [0, 0.05) is 7.11 Å². The Morgan fingerprint density at radius 3 is 2.56 bits per heavy atom. The number of benzene rings is 1. The minimum Gasteiger partial charge on any atom is -0.491 e. The van der Waals surface area contributed by atoms with Gasteiger partial charge in [0.1, 0.15) is 25.6 Å². The summed E-state index contributed by atoms with van der Waals surface area (Å²) in [6.07, 6.45) is 0. The summed E-state index contributed by atoms with van der Waals surface area (Å²) in [4.78, 5) is 11.0. The number of hydrogen-bond donors (Lipinski definition) is 0. The van der Waals surface area contributed by atoms with Gasteiger partial charge in [-0.1, -0.05) is 18.2 Å². The highest BCUT2D eigenvalue weighted by atomic mass is 16.5. The summed E-state index contributed by atoms with van der Waals surface area (Å²) >= 11 is 0. The van der Waals surface area contributed by atoms with Crippen molar-refractivity contribution in [2.24, 2.45) is 0 Å². The van der Waals surface area contributed by atoms with E-state index in [9.17, 15) is 4.79 Å². The Hall–Kier alpha value is -1.39. The zero-order chi connectivity index (χ0) is 11.6. The number of para-hydroxylation sites is 1. The Bertz CT molecular complexity index is 297. The van der Waals surface area contributed by atoms with E-state index >= 15 is 0 Å². The second kappa shape index (κ2) is 7.84. The summed E-state index contributed by atoms with van der Waals surface area (Å²) in [5.74, 6) is 0.733. The van der Waals surface area contributed by atoms with Gasteiger partial charge in [-0.05, 0) is 12.1 Å². The van der Waals surface area contributed by atoms with Crippen LogP contribution in [0.5, 0.6) is 5.75 Å². The first-order valence-corrected chi connectivity index (χ1v) is 5.09. The van der Waals surface area contributed by atoms with Crippen LogP contribution in [-0.4, -0.2) is 39.3 Å². The molecule has 0 unspecified atom stereocenters. The summed E-state index contributed by atoms with van der Waals surface area (Å²) in [6.45, 7) is 1.00. The van der Waals surface area contributed by atoms with Crippen molar-refractivity contribution >= 4 is 5.78 Å². The molecule has 1 rings (SSSR count). The molecule has 0 fully saturated rings. The lowest BCUT2D eigenvalue weighted by molar-refractivity contribution is -0.127. The van der Waals surface area contributed by atoms with E-state index in [2.05, 4.69) is 4.74 Å². The molecule has 0 amide bonds. The monoisotopic (exact) mass is 224 g/mol. The van der Waals surface area contributed by atoms with E-state index in [-0.39, 0.29) is 19.0 Å². The minimum absolute atomic E-state index is 0.0674. The molecule has 0 aromatic heterocycles. The third kappa shape index (κ3) is 5.48. The molecule has 0 atom stereocenters. The zero-order valence-corrected chi connectivity index (χ0v) is 9.35. The highest BCUT2D eigenvalue weighted by Gasteiger charge is 2.00. The van der Waals surface area contributed by atoms with Gasteiger partial charge in [-0.25, -0.2) is 0 Å². The average molecular weight is 224 g/mol. The number of ketones is 1. The maximum atomic E-state index is 11.0. The Kier molecular flexibility index (Phi) is 6.22. The molecule has 0 aliphatic rings. The molecule has 4 nitrogen and oxygen atoms in total. The van der Waals surface area contributed by atoms with Gasteiger partial charge in [0.2, 0.25) is 0 Å². The molecule has 4 heteroatoms. The Morgan fingerprint density at radius 2 is 1.88 bits per heavy atom. The van der Waals surface area contributed by atoms with E-state index in [1.807, 2.05) is 30.3 Å². The fraction of sp³-hybridized carbons (Fsp3) is 0.417. The summed E-state index contributed by atoms with van der Waals surface area (Å²) in [6, 6.07) is 9.47. The lowest BCUT2D eigenvalue weighted by Gasteiger charge is -2.06. The van der Waals surface area contributed by atoms with E-state index in [1.54, 1.807) is 0 Å². The summed E-state index contributed by atoms with van der Waals surface area (Å²) < 4.78 is 15.2. The predicted octanol–water partition coefficient (Wildman–Crippen LogP) is 1.30. The maximum absolute atomic E-state index is 11.0. The third-order valence-electron chi connectivity index (χ3n) is 1.81. The van der Waals surface area contributed by atoms with Gasteiger partial charge in [-0.15, -0.1) is 0 Å². The SMILES string of the molecule is COCC(=O)COCCOc1ccccc1. The normalized spacial score (nSPS) is 10.1. The van der Waals surface area contributed by atoms with Crippen LogP contribution >= 0.6 is 0 Å². The van der Waals surface area contributed by atoms with Crippen LogP contribution in [0.2, 0.25) is 0 Å². The van der Waals surface area contributed by atoms with Crippen molar-refractivity contribution in [1.29, 1.82) is 0 Å². The van der Waals surface area contributed by atoms with Crippen molar-refractivity contribution in [2.75, 3.05) is 33.5 Å². The van der Waals surface area contributed by atoms with E-state index < -0.39 is 0 Å². The lowest BCUT2D eigenvalue weighted by atomic mass is 10.3. The van der Waals surface area contributed by atoms with Crippen molar-refractivity contribution in [3.05, 3.63) is 30.3 Å². The molecule has 0 aliphatic carbocycles. The van der Waals surface area contributed by atoms with Gasteiger partial charge in [-0.3, -0.25) is 4.79 Å². The lowest BCUT2D eigenvalue weighted by Crippen LogP contribution is -2.17. The van der Waals surface area contributed by atoms with Crippen LogP contribution in [-0.2, 0) is 14.3 Å². The molecule has 0 N–H and O–H groups in total. The van der Waals surface area contributed by atoms with Crippen LogP contribution in [0.25, 0.3) is 0 Å². The molecule has 1 aromatic carbocycles. The number of carbonyl (C=O) groups excluding carboxylic acids is 1. The molecule has 0 spiro atoms. The van der Waals surface area contributed by atoms with E-state index in [0.717, 1.165) is 5.75 Å². The van der Waals surface area contributed by atoms with E-state index in [1.165, 1.54) is 7.11 Å². The fourth-order valence-corrected chi connectivity index (χ4v) is 1.12. The number of carbonyl (C=O) groups is 1. The maximum Gasteiger partial charge on any atom is 0.183 e. The van der Waals surface area contributed by atoms with Crippen molar-refractivity contribution in [2.45, 2.75) is 0 Å². The van der Waals surface area contributed by atoms with Crippen LogP contribution in [0.1, 0.15) is 0 Å². The standard InChI is InChI=1S/C12H16O4/c1-14-9-11(13)10-15-7-8-16-12-5-3-2-4-6-12/h2-6H,7-10H2,1H3. The van der Waals surface area contributed by atoms with Gasteiger partial charge in [0.15, 0.2) is 5.78 Å². The second-order valence-corrected chi connectivity index (χ2v) is 3.19. The molecule has 0 bridgehead atoms. The molecule has 88 valence electrons. The van der Waals surface area contributed by atoms with Gasteiger partial charge in [0.05, 0.1) is 6.61 Å². The highest BCUT2D eigenvalue weighted by molar-refractivity contribution is 5.80. The fourth-order valence-electron chi connectivity index (χ4n) is 1.12. The molecule has 0 heterocycles. The van der Waals surface area contributed by atoms with Crippen molar-refractivity contribution < 1.29 is 19.0 Å². The van der Waals surface area contributed by atoms with Gasteiger partial charge in [0.25, 0.3) is 0 Å². The second-order valence-electron chi connectivity index (χ2n) is 3.19. The molecule has 0 radical (unpaired) electrons. The largest absolute Gasteiger partial charge is 0.491 e. The molecular formula is C12H16O4. The van der Waals surface area contributed by atoms with Crippen LogP contribution < -0.4 is 4.74 Å². The van der Waals surface area contributed by atoms with Crippen LogP contribution in [0, 0.1) is 0 Å². The molecule has 0 saturated heterocycles. The third-order valence-corrected chi connectivity index (χ3v) is 1.81. The smallest absolute Gasteiger partial charge is 0.183 e. The number of ether oxygens (including phenoxy) is 3. The Morgan fingerprint density at radius 1 is 1.12 bits per heavy atom. The Labute approximate surface area is 95.1 Å². The van der Waals surface area contributed by atoms with Crippen molar-refractivity contribution in [1.82, 2.24) is 0 Å². The topological polar surface area (TPSA) is 44.8 Å².